The molecule has 0 bridgehead atoms. The number of nitrogens with zero attached hydrogens (tertiary/aromatic N) is 1. The van der Waals surface area contributed by atoms with Crippen molar-refractivity contribution in [3.05, 3.63) is 40.2 Å². The Morgan fingerprint density at radius 2 is 2.05 bits per heavy atom. The Morgan fingerprint density at radius 1 is 1.29 bits per heavy atom. The van der Waals surface area contributed by atoms with Crippen molar-refractivity contribution in [1.29, 1.82) is 0 Å². The summed E-state index contributed by atoms with van der Waals surface area (Å²) in [6.07, 6.45) is 1.77. The summed E-state index contributed by atoms with van der Waals surface area (Å²) >= 11 is 1.67. The molecule has 2 rings (SSSR count). The maximum atomic E-state index is 10.4. The van der Waals surface area contributed by atoms with Crippen molar-refractivity contribution in [3.8, 4) is 11.3 Å². The second-order valence-corrected chi connectivity index (χ2v) is 5.93. The highest BCUT2D eigenvalue weighted by Gasteiger charge is 2.04. The quantitative estimate of drug-likeness (QED) is 0.736. The third-order valence-electron chi connectivity index (χ3n) is 3.16. The molecule has 0 saturated carbocycles. The molecule has 5 heteroatoms. The van der Waals surface area contributed by atoms with E-state index in [0.29, 0.717) is 6.42 Å². The van der Waals surface area contributed by atoms with Gasteiger partial charge in [0.2, 0.25) is 0 Å². The summed E-state index contributed by atoms with van der Waals surface area (Å²) in [5.41, 5.74) is 3.43. The summed E-state index contributed by atoms with van der Waals surface area (Å²) in [4.78, 5) is 15.0. The van der Waals surface area contributed by atoms with E-state index in [2.05, 4.69) is 46.9 Å². The van der Waals surface area contributed by atoms with E-state index in [-0.39, 0.29) is 6.42 Å². The molecule has 0 atom stereocenters. The van der Waals surface area contributed by atoms with Crippen LogP contribution in [0.5, 0.6) is 0 Å². The van der Waals surface area contributed by atoms with Crippen molar-refractivity contribution >= 4 is 17.3 Å². The van der Waals surface area contributed by atoms with Crippen LogP contribution in [-0.4, -0.2) is 29.1 Å². The molecule has 4 nitrogen and oxygen atoms in total. The highest BCUT2D eigenvalue weighted by Crippen LogP contribution is 2.22. The largest absolute Gasteiger partial charge is 0.481 e. The van der Waals surface area contributed by atoms with Crippen molar-refractivity contribution < 1.29 is 9.90 Å². The second-order valence-electron chi connectivity index (χ2n) is 4.99. The van der Waals surface area contributed by atoms with Gasteiger partial charge in [0, 0.05) is 30.3 Å². The first-order chi connectivity index (χ1) is 10.1. The van der Waals surface area contributed by atoms with Crippen molar-refractivity contribution in [2.45, 2.75) is 26.2 Å². The summed E-state index contributed by atoms with van der Waals surface area (Å²) < 4.78 is 0. The van der Waals surface area contributed by atoms with Crippen molar-refractivity contribution in [2.24, 2.45) is 0 Å². The highest BCUT2D eigenvalue weighted by atomic mass is 32.1. The molecule has 0 fully saturated rings. The van der Waals surface area contributed by atoms with Crippen molar-refractivity contribution in [3.63, 3.8) is 0 Å². The van der Waals surface area contributed by atoms with Crippen LogP contribution in [0.1, 0.15) is 23.4 Å². The van der Waals surface area contributed by atoms with Crippen LogP contribution >= 0.6 is 11.3 Å². The number of carboxylic acids is 1. The Hall–Kier alpha value is -1.72. The lowest BCUT2D eigenvalue weighted by Crippen LogP contribution is -2.19. The average Bonchev–Trinajstić information content (AvgIpc) is 2.92. The standard InChI is InChI=1S/C16H20N2O2S/c1-12-4-6-13(7-5-12)14-11-21-15(18-14)8-10-17-9-2-3-16(19)20/h4-7,11,17H,2-3,8-10H2,1H3,(H,19,20). The fourth-order valence-electron chi connectivity index (χ4n) is 1.97. The topological polar surface area (TPSA) is 62.2 Å². The molecule has 112 valence electrons. The first-order valence-electron chi connectivity index (χ1n) is 7.09. The van der Waals surface area contributed by atoms with Crippen LogP contribution in [-0.2, 0) is 11.2 Å². The van der Waals surface area contributed by atoms with E-state index in [9.17, 15) is 4.79 Å². The van der Waals surface area contributed by atoms with Gasteiger partial charge in [0.15, 0.2) is 0 Å². The number of hydrogen-bond donors (Lipinski definition) is 2. The number of aryl methyl sites for hydroxylation is 1. The molecule has 0 unspecified atom stereocenters. The predicted octanol–water partition coefficient (Wildman–Crippen LogP) is 3.12. The van der Waals surface area contributed by atoms with Gasteiger partial charge in [0.25, 0.3) is 0 Å². The van der Waals surface area contributed by atoms with Gasteiger partial charge in [-0.3, -0.25) is 4.79 Å². The maximum absolute atomic E-state index is 10.4. The fourth-order valence-corrected chi connectivity index (χ4v) is 2.77. The monoisotopic (exact) mass is 304 g/mol. The van der Waals surface area contributed by atoms with E-state index < -0.39 is 5.97 Å². The Kier molecular flexibility index (Phi) is 5.90. The zero-order valence-electron chi connectivity index (χ0n) is 12.1. The molecule has 2 N–H and O–H groups in total. The highest BCUT2D eigenvalue weighted by molar-refractivity contribution is 7.09. The van der Waals surface area contributed by atoms with Crippen molar-refractivity contribution in [2.75, 3.05) is 13.1 Å². The number of hydrogen-bond acceptors (Lipinski definition) is 4. The molecular formula is C16H20N2O2S. The molecule has 21 heavy (non-hydrogen) atoms. The first-order valence-corrected chi connectivity index (χ1v) is 7.97. The zero-order chi connectivity index (χ0) is 15.1. The predicted molar refractivity (Wildman–Crippen MR) is 85.7 cm³/mol. The Bertz CT molecular complexity index is 578. The summed E-state index contributed by atoms with van der Waals surface area (Å²) in [5.74, 6) is -0.737. The third kappa shape index (κ3) is 5.28. The Morgan fingerprint density at radius 3 is 2.76 bits per heavy atom. The fraction of sp³-hybridized carbons (Fsp3) is 0.375. The molecule has 1 heterocycles. The van der Waals surface area contributed by atoms with E-state index in [1.165, 1.54) is 5.56 Å². The molecular weight excluding hydrogens is 284 g/mol. The minimum absolute atomic E-state index is 0.224. The normalized spacial score (nSPS) is 10.7. The number of carbonyl (C=O) groups is 1. The molecule has 0 aliphatic carbocycles. The van der Waals surface area contributed by atoms with Gasteiger partial charge in [-0.05, 0) is 19.9 Å². The number of aliphatic carboxylic acids is 1. The van der Waals surface area contributed by atoms with Crippen LogP contribution in [0.25, 0.3) is 11.3 Å². The number of aromatic nitrogens is 1. The van der Waals surface area contributed by atoms with Crippen LogP contribution < -0.4 is 5.32 Å². The van der Waals surface area contributed by atoms with Gasteiger partial charge in [-0.1, -0.05) is 29.8 Å². The molecule has 0 aliphatic rings. The van der Waals surface area contributed by atoms with Gasteiger partial charge in [-0.25, -0.2) is 4.98 Å². The van der Waals surface area contributed by atoms with E-state index in [1.807, 2.05) is 0 Å². The molecule has 2 aromatic rings. The lowest BCUT2D eigenvalue weighted by Gasteiger charge is -2.01. The second kappa shape index (κ2) is 7.90. The van der Waals surface area contributed by atoms with Gasteiger partial charge in [-0.15, -0.1) is 11.3 Å². The van der Waals surface area contributed by atoms with Gasteiger partial charge >= 0.3 is 5.97 Å². The van der Waals surface area contributed by atoms with Crippen LogP contribution in [0.15, 0.2) is 29.6 Å². The first kappa shape index (κ1) is 15.7. The van der Waals surface area contributed by atoms with Gasteiger partial charge in [-0.2, -0.15) is 0 Å². The average molecular weight is 304 g/mol. The number of thiazole rings is 1. The van der Waals surface area contributed by atoms with Crippen LogP contribution in [0, 0.1) is 6.92 Å². The summed E-state index contributed by atoms with van der Waals surface area (Å²) in [6.45, 7) is 3.65. The minimum atomic E-state index is -0.737. The molecule has 0 amide bonds. The summed E-state index contributed by atoms with van der Waals surface area (Å²) in [5, 5.41) is 15.0. The smallest absolute Gasteiger partial charge is 0.303 e. The molecule has 0 radical (unpaired) electrons. The lowest BCUT2D eigenvalue weighted by molar-refractivity contribution is -0.137. The van der Waals surface area contributed by atoms with Gasteiger partial charge in [0.05, 0.1) is 10.7 Å². The number of benzene rings is 1. The molecule has 1 aromatic carbocycles. The van der Waals surface area contributed by atoms with Crippen molar-refractivity contribution in [1.82, 2.24) is 10.3 Å². The Balaban J connectivity index is 1.76. The number of carboxylic acid groups (broad SMARTS) is 1. The van der Waals surface area contributed by atoms with E-state index in [0.717, 1.165) is 35.8 Å². The van der Waals surface area contributed by atoms with Crippen LogP contribution in [0.3, 0.4) is 0 Å². The third-order valence-corrected chi connectivity index (χ3v) is 4.07. The maximum Gasteiger partial charge on any atom is 0.303 e. The zero-order valence-corrected chi connectivity index (χ0v) is 12.9. The molecule has 0 aliphatic heterocycles. The van der Waals surface area contributed by atoms with E-state index in [1.54, 1.807) is 11.3 Å². The summed E-state index contributed by atoms with van der Waals surface area (Å²) in [7, 11) is 0. The van der Waals surface area contributed by atoms with Crippen LogP contribution in [0.2, 0.25) is 0 Å². The summed E-state index contributed by atoms with van der Waals surface area (Å²) in [6, 6.07) is 8.38. The lowest BCUT2D eigenvalue weighted by atomic mass is 10.1. The van der Waals surface area contributed by atoms with E-state index >= 15 is 0 Å². The molecule has 1 aromatic heterocycles. The number of rotatable bonds is 8. The van der Waals surface area contributed by atoms with Crippen LogP contribution in [0.4, 0.5) is 0 Å². The van der Waals surface area contributed by atoms with Gasteiger partial charge < -0.3 is 10.4 Å². The molecule has 0 spiro atoms. The SMILES string of the molecule is Cc1ccc(-c2csc(CCNCCCC(=O)O)n2)cc1. The molecule has 0 saturated heterocycles. The van der Waals surface area contributed by atoms with Gasteiger partial charge in [0.1, 0.15) is 0 Å². The minimum Gasteiger partial charge on any atom is -0.481 e. The van der Waals surface area contributed by atoms with E-state index in [4.69, 9.17) is 5.11 Å². The number of nitrogens with one attached hydrogen (secondary N) is 1. The Labute approximate surface area is 128 Å².